The van der Waals surface area contributed by atoms with Crippen LogP contribution < -0.4 is 20.7 Å². The molecule has 0 heterocycles. The van der Waals surface area contributed by atoms with Gasteiger partial charge in [0.1, 0.15) is 11.9 Å². The lowest BCUT2D eigenvalue weighted by atomic mass is 10.2. The molecule has 5 nitrogen and oxygen atoms in total. The number of thiocarbonyl (C=S) groups is 1. The molecule has 1 atom stereocenters. The summed E-state index contributed by atoms with van der Waals surface area (Å²) in [5, 5.41) is 8.51. The van der Waals surface area contributed by atoms with E-state index < -0.39 is 15.9 Å². The third kappa shape index (κ3) is 6.69. The van der Waals surface area contributed by atoms with Crippen molar-refractivity contribution >= 4 is 79.7 Å². The van der Waals surface area contributed by atoms with Crippen molar-refractivity contribution in [3.63, 3.8) is 0 Å². The van der Waals surface area contributed by atoms with Gasteiger partial charge in [-0.25, -0.2) is 0 Å². The van der Waals surface area contributed by atoms with Gasteiger partial charge in [-0.2, -0.15) is 0 Å². The molecular weight excluding hydrogens is 497 g/mol. The number of ether oxygens (including phenoxy) is 1. The van der Waals surface area contributed by atoms with Crippen LogP contribution in [0.25, 0.3) is 0 Å². The molecule has 27 heavy (non-hydrogen) atoms. The first kappa shape index (κ1) is 22.0. The summed E-state index contributed by atoms with van der Waals surface area (Å²) in [4.78, 5) is 12.5. The van der Waals surface area contributed by atoms with E-state index in [9.17, 15) is 4.79 Å². The van der Waals surface area contributed by atoms with Crippen LogP contribution in [0.5, 0.6) is 5.75 Å². The minimum Gasteiger partial charge on any atom is -0.495 e. The van der Waals surface area contributed by atoms with Crippen molar-refractivity contribution in [1.29, 1.82) is 0 Å². The zero-order valence-electron chi connectivity index (χ0n) is 13.9. The molecule has 0 aliphatic rings. The van der Waals surface area contributed by atoms with Crippen LogP contribution in [-0.4, -0.2) is 28.1 Å². The summed E-state index contributed by atoms with van der Waals surface area (Å²) in [5.74, 6) is 0.158. The van der Waals surface area contributed by atoms with Gasteiger partial charge in [0.2, 0.25) is 3.79 Å². The molecule has 0 aliphatic carbocycles. The Morgan fingerprint density at radius 2 is 1.85 bits per heavy atom. The number of nitrogens with one attached hydrogen (secondary N) is 3. The predicted octanol–water partition coefficient (Wildman–Crippen LogP) is 4.87. The van der Waals surface area contributed by atoms with Gasteiger partial charge >= 0.3 is 0 Å². The number of carbonyl (C=O) groups excluding carboxylic acids is 1. The molecule has 0 fully saturated rings. The fraction of sp³-hybridized carbons (Fsp3) is 0.176. The maximum absolute atomic E-state index is 12.5. The molecule has 1 amide bonds. The van der Waals surface area contributed by atoms with E-state index in [0.717, 1.165) is 4.47 Å². The fourth-order valence-electron chi connectivity index (χ4n) is 2.08. The van der Waals surface area contributed by atoms with Crippen molar-refractivity contribution in [2.45, 2.75) is 9.96 Å². The number of benzene rings is 2. The Bertz CT molecular complexity index is 833. The molecular formula is C17H15BrCl3N3O2S. The van der Waals surface area contributed by atoms with Gasteiger partial charge in [-0.1, -0.05) is 68.9 Å². The second-order valence-corrected chi connectivity index (χ2v) is 8.95. The molecule has 0 saturated carbocycles. The van der Waals surface area contributed by atoms with Gasteiger partial charge in [0.25, 0.3) is 5.91 Å². The molecule has 10 heteroatoms. The first-order valence-electron chi connectivity index (χ1n) is 7.54. The van der Waals surface area contributed by atoms with E-state index in [1.54, 1.807) is 43.5 Å². The van der Waals surface area contributed by atoms with Gasteiger partial charge < -0.3 is 20.7 Å². The van der Waals surface area contributed by atoms with Gasteiger partial charge in [-0.15, -0.1) is 0 Å². The number of rotatable bonds is 5. The molecule has 1 unspecified atom stereocenters. The molecule has 0 spiro atoms. The number of hydrogen-bond acceptors (Lipinski definition) is 3. The van der Waals surface area contributed by atoms with E-state index in [4.69, 9.17) is 51.8 Å². The second kappa shape index (κ2) is 9.80. The Kier molecular flexibility index (Phi) is 8.00. The summed E-state index contributed by atoms with van der Waals surface area (Å²) in [6.07, 6.45) is -1.08. The van der Waals surface area contributed by atoms with Crippen LogP contribution in [0.2, 0.25) is 0 Å². The standard InChI is InChI=1S/C17H15BrCl3N3O2S/c1-26-13-8-3-2-7-12(13)22-16(27)24-15(17(19,20)21)23-14(25)10-5-4-6-11(18)9-10/h2-9,15H,1H3,(H,23,25)(H2,22,24,27). The minimum atomic E-state index is -1.85. The number of para-hydroxylation sites is 2. The van der Waals surface area contributed by atoms with E-state index in [1.807, 2.05) is 12.1 Å². The maximum Gasteiger partial charge on any atom is 0.253 e. The molecule has 2 rings (SSSR count). The molecule has 0 bridgehead atoms. The van der Waals surface area contributed by atoms with E-state index in [2.05, 4.69) is 31.9 Å². The highest BCUT2D eigenvalue weighted by Crippen LogP contribution is 2.30. The normalized spacial score (nSPS) is 12.0. The number of methoxy groups -OCH3 is 1. The van der Waals surface area contributed by atoms with Gasteiger partial charge in [0.05, 0.1) is 12.8 Å². The van der Waals surface area contributed by atoms with Crippen LogP contribution in [0.4, 0.5) is 5.69 Å². The number of amides is 1. The van der Waals surface area contributed by atoms with Crippen molar-refractivity contribution in [1.82, 2.24) is 10.6 Å². The quantitative estimate of drug-likeness (QED) is 0.304. The van der Waals surface area contributed by atoms with E-state index in [1.165, 1.54) is 0 Å². The molecule has 0 aliphatic heterocycles. The molecule has 3 N–H and O–H groups in total. The Labute approximate surface area is 185 Å². The zero-order chi connectivity index (χ0) is 20.0. The summed E-state index contributed by atoms with van der Waals surface area (Å²) in [5.41, 5.74) is 1.02. The Morgan fingerprint density at radius 1 is 1.15 bits per heavy atom. The highest BCUT2D eigenvalue weighted by Gasteiger charge is 2.35. The Hall–Kier alpha value is -1.25. The number of carbonyl (C=O) groups is 1. The van der Waals surface area contributed by atoms with Crippen molar-refractivity contribution in [3.8, 4) is 5.75 Å². The third-order valence-electron chi connectivity index (χ3n) is 3.32. The van der Waals surface area contributed by atoms with Gasteiger partial charge in [0, 0.05) is 10.0 Å². The van der Waals surface area contributed by atoms with E-state index in [-0.39, 0.29) is 5.11 Å². The Balaban J connectivity index is 2.10. The van der Waals surface area contributed by atoms with Gasteiger partial charge in [-0.3, -0.25) is 4.79 Å². The highest BCUT2D eigenvalue weighted by atomic mass is 79.9. The van der Waals surface area contributed by atoms with Crippen LogP contribution in [0.3, 0.4) is 0 Å². The summed E-state index contributed by atoms with van der Waals surface area (Å²) in [6, 6.07) is 14.0. The average molecular weight is 512 g/mol. The molecule has 144 valence electrons. The van der Waals surface area contributed by atoms with Gasteiger partial charge in [0.15, 0.2) is 5.11 Å². The SMILES string of the molecule is COc1ccccc1NC(=S)NC(NC(=O)c1cccc(Br)c1)C(Cl)(Cl)Cl. The molecule has 2 aromatic rings. The molecule has 0 radical (unpaired) electrons. The fourth-order valence-corrected chi connectivity index (χ4v) is 3.04. The monoisotopic (exact) mass is 509 g/mol. The maximum atomic E-state index is 12.5. The van der Waals surface area contributed by atoms with E-state index >= 15 is 0 Å². The number of anilines is 1. The lowest BCUT2D eigenvalue weighted by Crippen LogP contribution is -2.56. The molecule has 0 aromatic heterocycles. The first-order chi connectivity index (χ1) is 12.7. The van der Waals surface area contributed by atoms with Crippen molar-refractivity contribution in [2.75, 3.05) is 12.4 Å². The lowest BCUT2D eigenvalue weighted by Gasteiger charge is -2.28. The number of hydrogen-bond donors (Lipinski definition) is 3. The molecule has 2 aromatic carbocycles. The minimum absolute atomic E-state index is 0.144. The zero-order valence-corrected chi connectivity index (χ0v) is 18.6. The molecule has 0 saturated heterocycles. The van der Waals surface area contributed by atoms with E-state index in [0.29, 0.717) is 17.0 Å². The summed E-state index contributed by atoms with van der Waals surface area (Å²) >= 11 is 26.6. The van der Waals surface area contributed by atoms with Crippen LogP contribution in [0.1, 0.15) is 10.4 Å². The van der Waals surface area contributed by atoms with Crippen LogP contribution >= 0.6 is 63.0 Å². The lowest BCUT2D eigenvalue weighted by molar-refractivity contribution is 0.0934. The number of halogens is 4. The predicted molar refractivity (Wildman–Crippen MR) is 118 cm³/mol. The average Bonchev–Trinajstić information content (AvgIpc) is 2.60. The third-order valence-corrected chi connectivity index (χ3v) is 4.69. The van der Waals surface area contributed by atoms with Crippen LogP contribution in [0.15, 0.2) is 53.0 Å². The summed E-state index contributed by atoms with van der Waals surface area (Å²) < 4.78 is 4.15. The van der Waals surface area contributed by atoms with Crippen molar-refractivity contribution in [2.24, 2.45) is 0 Å². The highest BCUT2D eigenvalue weighted by molar-refractivity contribution is 9.10. The summed E-state index contributed by atoms with van der Waals surface area (Å²) in [6.45, 7) is 0. The van der Waals surface area contributed by atoms with Crippen LogP contribution in [0, 0.1) is 0 Å². The van der Waals surface area contributed by atoms with Crippen molar-refractivity contribution in [3.05, 3.63) is 58.6 Å². The first-order valence-corrected chi connectivity index (χ1v) is 9.88. The summed E-state index contributed by atoms with van der Waals surface area (Å²) in [7, 11) is 1.54. The topological polar surface area (TPSA) is 62.4 Å². The number of alkyl halides is 3. The largest absolute Gasteiger partial charge is 0.495 e. The van der Waals surface area contributed by atoms with Crippen molar-refractivity contribution < 1.29 is 9.53 Å². The Morgan fingerprint density at radius 3 is 2.48 bits per heavy atom. The van der Waals surface area contributed by atoms with Crippen LogP contribution in [-0.2, 0) is 0 Å². The second-order valence-electron chi connectivity index (χ2n) is 5.26. The smallest absolute Gasteiger partial charge is 0.253 e. The van der Waals surface area contributed by atoms with Gasteiger partial charge in [-0.05, 0) is 42.5 Å².